The number of amides is 1. The predicted molar refractivity (Wildman–Crippen MR) is 102 cm³/mol. The minimum absolute atomic E-state index is 0.0362. The van der Waals surface area contributed by atoms with Crippen molar-refractivity contribution in [3.63, 3.8) is 0 Å². The number of nitrogens with one attached hydrogen (secondary N) is 1. The summed E-state index contributed by atoms with van der Waals surface area (Å²) in [4.78, 5) is 12.0. The van der Waals surface area contributed by atoms with Crippen LogP contribution < -0.4 is 10.1 Å². The van der Waals surface area contributed by atoms with E-state index in [-0.39, 0.29) is 11.3 Å². The number of hydrogen-bond donors (Lipinski definition) is 1. The molecule has 2 aromatic carbocycles. The van der Waals surface area contributed by atoms with Gasteiger partial charge in [0.25, 0.3) is 6.26 Å². The van der Waals surface area contributed by atoms with Gasteiger partial charge in [-0.05, 0) is 47.1 Å². The van der Waals surface area contributed by atoms with Crippen molar-refractivity contribution in [3.8, 4) is 12.0 Å². The molecule has 0 spiro atoms. The Morgan fingerprint density at radius 1 is 1.23 bits per heavy atom. The Morgan fingerprint density at radius 2 is 1.96 bits per heavy atom. The molecule has 0 bridgehead atoms. The fourth-order valence-corrected chi connectivity index (χ4v) is 3.16. The molecule has 0 saturated heterocycles. The third-order valence-corrected chi connectivity index (χ3v) is 4.34. The number of ether oxygens (including phenoxy) is 2. The molecule has 0 fully saturated rings. The van der Waals surface area contributed by atoms with Crippen molar-refractivity contribution >= 4 is 16.9 Å². The monoisotopic (exact) mass is 354 g/mol. The first-order valence-corrected chi connectivity index (χ1v) is 8.85. The zero-order chi connectivity index (χ0) is 19.0. The highest BCUT2D eigenvalue weighted by molar-refractivity contribution is 5.84. The van der Waals surface area contributed by atoms with Crippen LogP contribution in [0.15, 0.2) is 42.5 Å². The fraction of sp³-hybridized carbons (Fsp3) is 0.429. The van der Waals surface area contributed by atoms with Gasteiger partial charge in [0.1, 0.15) is 12.4 Å². The third kappa shape index (κ3) is 6.29. The molecule has 0 radical (unpaired) electrons. The number of benzene rings is 2. The van der Waals surface area contributed by atoms with Crippen LogP contribution in [-0.4, -0.2) is 19.2 Å². The molecule has 0 heterocycles. The van der Waals surface area contributed by atoms with Crippen molar-refractivity contribution in [2.45, 2.75) is 33.6 Å². The topological polar surface area (TPSA) is 71.3 Å². The van der Waals surface area contributed by atoms with Gasteiger partial charge in [-0.2, -0.15) is 5.26 Å². The van der Waals surface area contributed by atoms with Crippen LogP contribution in [0, 0.1) is 22.9 Å². The van der Waals surface area contributed by atoms with Gasteiger partial charge in [0.2, 0.25) is 0 Å². The summed E-state index contributed by atoms with van der Waals surface area (Å²) in [5.41, 5.74) is 0.0362. The van der Waals surface area contributed by atoms with Gasteiger partial charge in [0, 0.05) is 6.54 Å². The summed E-state index contributed by atoms with van der Waals surface area (Å²) in [5.74, 6) is 0.817. The summed E-state index contributed by atoms with van der Waals surface area (Å²) in [5, 5.41) is 13.4. The molecular formula is C21H26N2O3. The Morgan fingerprint density at radius 3 is 2.69 bits per heavy atom. The van der Waals surface area contributed by atoms with Crippen molar-refractivity contribution < 1.29 is 14.3 Å². The van der Waals surface area contributed by atoms with Gasteiger partial charge < -0.3 is 14.8 Å². The average molecular weight is 354 g/mol. The summed E-state index contributed by atoms with van der Waals surface area (Å²) in [6, 6.07) is 13.5. The number of hydrogen-bond acceptors (Lipinski definition) is 4. The Bertz CT molecular complexity index is 780. The highest BCUT2D eigenvalue weighted by Gasteiger charge is 2.21. The number of fused-ring (bicyclic) bond motifs is 1. The van der Waals surface area contributed by atoms with E-state index in [9.17, 15) is 4.79 Å². The molecule has 0 saturated carbocycles. The van der Waals surface area contributed by atoms with Crippen LogP contribution in [0.1, 0.15) is 33.6 Å². The van der Waals surface area contributed by atoms with Crippen molar-refractivity contribution in [1.82, 2.24) is 5.32 Å². The van der Waals surface area contributed by atoms with Crippen LogP contribution in [0.5, 0.6) is 5.75 Å². The minimum atomic E-state index is -0.447. The van der Waals surface area contributed by atoms with Gasteiger partial charge in [0.05, 0.1) is 0 Å². The van der Waals surface area contributed by atoms with Crippen molar-refractivity contribution in [3.05, 3.63) is 42.5 Å². The lowest BCUT2D eigenvalue weighted by atomic mass is 9.81. The smallest absolute Gasteiger partial charge is 0.412 e. The molecule has 2 aromatic rings. The van der Waals surface area contributed by atoms with Crippen molar-refractivity contribution in [1.29, 1.82) is 5.26 Å². The molecule has 1 atom stereocenters. The van der Waals surface area contributed by atoms with Crippen molar-refractivity contribution in [2.75, 3.05) is 13.2 Å². The van der Waals surface area contributed by atoms with E-state index in [2.05, 4.69) is 26.1 Å². The van der Waals surface area contributed by atoms with Gasteiger partial charge in [-0.3, -0.25) is 0 Å². The summed E-state index contributed by atoms with van der Waals surface area (Å²) >= 11 is 0. The molecule has 5 heteroatoms. The molecule has 5 nitrogen and oxygen atoms in total. The van der Waals surface area contributed by atoms with Crippen molar-refractivity contribution in [2.24, 2.45) is 11.3 Å². The average Bonchev–Trinajstić information content (AvgIpc) is 2.59. The van der Waals surface area contributed by atoms with Gasteiger partial charge in [-0.1, -0.05) is 51.1 Å². The first-order valence-electron chi connectivity index (χ1n) is 8.85. The van der Waals surface area contributed by atoms with Gasteiger partial charge in [-0.25, -0.2) is 4.79 Å². The Hall–Kier alpha value is -2.74. The normalized spacial score (nSPS) is 12.2. The number of nitrogens with zero attached hydrogens (tertiary/aromatic N) is 1. The SMILES string of the molecule is CC(COC#N)CC(C)(C)CCNC(=O)Oc1ccc2ccccc2c1. The van der Waals surface area contributed by atoms with Crippen LogP contribution in [-0.2, 0) is 4.74 Å². The number of rotatable bonds is 8. The van der Waals surface area contributed by atoms with Crippen LogP contribution in [0.2, 0.25) is 0 Å². The van der Waals surface area contributed by atoms with Crippen LogP contribution in [0.4, 0.5) is 4.79 Å². The van der Waals surface area contributed by atoms with E-state index in [4.69, 9.17) is 14.7 Å². The van der Waals surface area contributed by atoms with E-state index >= 15 is 0 Å². The summed E-state index contributed by atoms with van der Waals surface area (Å²) in [7, 11) is 0. The molecule has 1 amide bonds. The zero-order valence-corrected chi connectivity index (χ0v) is 15.6. The number of carbonyl (C=O) groups is 1. The molecule has 26 heavy (non-hydrogen) atoms. The maximum absolute atomic E-state index is 12.0. The largest absolute Gasteiger partial charge is 0.427 e. The van der Waals surface area contributed by atoms with E-state index < -0.39 is 6.09 Å². The van der Waals surface area contributed by atoms with E-state index in [0.29, 0.717) is 18.9 Å². The highest BCUT2D eigenvalue weighted by atomic mass is 16.6. The van der Waals surface area contributed by atoms with Crippen LogP contribution >= 0.6 is 0 Å². The number of carbonyl (C=O) groups excluding carboxylic acids is 1. The molecule has 0 aliphatic rings. The molecule has 0 aliphatic heterocycles. The summed E-state index contributed by atoms with van der Waals surface area (Å²) in [6.07, 6.45) is 2.98. The Balaban J connectivity index is 1.78. The number of nitriles is 1. The molecule has 2 rings (SSSR count). The summed E-state index contributed by atoms with van der Waals surface area (Å²) < 4.78 is 10.2. The molecule has 0 aliphatic carbocycles. The maximum Gasteiger partial charge on any atom is 0.412 e. The van der Waals surface area contributed by atoms with Gasteiger partial charge in [0.15, 0.2) is 0 Å². The van der Waals surface area contributed by atoms with E-state index in [0.717, 1.165) is 23.6 Å². The van der Waals surface area contributed by atoms with Gasteiger partial charge in [-0.15, -0.1) is 0 Å². The standard InChI is InChI=1S/C21H26N2O3/c1-16(14-25-15-22)13-21(2,3)10-11-23-20(24)26-19-9-8-17-6-4-5-7-18(17)12-19/h4-9,12,16H,10-11,13-14H2,1-3H3,(H,23,24). The molecule has 0 aromatic heterocycles. The lowest BCUT2D eigenvalue weighted by Crippen LogP contribution is -2.31. The lowest BCUT2D eigenvalue weighted by molar-refractivity contribution is 0.164. The van der Waals surface area contributed by atoms with Crippen LogP contribution in [0.25, 0.3) is 10.8 Å². The zero-order valence-electron chi connectivity index (χ0n) is 15.6. The Kier molecular flexibility index (Phi) is 6.85. The van der Waals surface area contributed by atoms with Crippen LogP contribution in [0.3, 0.4) is 0 Å². The second-order valence-corrected chi connectivity index (χ2v) is 7.45. The second-order valence-electron chi connectivity index (χ2n) is 7.45. The molecular weight excluding hydrogens is 328 g/mol. The summed E-state index contributed by atoms with van der Waals surface area (Å²) in [6.45, 7) is 7.31. The Labute approximate surface area is 154 Å². The van der Waals surface area contributed by atoms with E-state index in [1.807, 2.05) is 36.4 Å². The predicted octanol–water partition coefficient (Wildman–Crippen LogP) is 4.87. The molecule has 1 N–H and O–H groups in total. The fourth-order valence-electron chi connectivity index (χ4n) is 3.16. The van der Waals surface area contributed by atoms with E-state index in [1.54, 1.807) is 12.3 Å². The first kappa shape index (κ1) is 19.6. The third-order valence-electron chi connectivity index (χ3n) is 4.34. The van der Waals surface area contributed by atoms with Gasteiger partial charge >= 0.3 is 6.09 Å². The lowest BCUT2D eigenvalue weighted by Gasteiger charge is -2.27. The van der Waals surface area contributed by atoms with E-state index in [1.165, 1.54) is 0 Å². The quantitative estimate of drug-likeness (QED) is 0.687. The minimum Gasteiger partial charge on any atom is -0.427 e. The molecule has 138 valence electrons. The maximum atomic E-state index is 12.0. The highest BCUT2D eigenvalue weighted by Crippen LogP contribution is 2.29. The first-order chi connectivity index (χ1) is 12.4. The molecule has 1 unspecified atom stereocenters. The second kappa shape index (κ2) is 9.10.